The lowest BCUT2D eigenvalue weighted by molar-refractivity contribution is -0.161. The van der Waals surface area contributed by atoms with E-state index >= 15 is 0 Å². The van der Waals surface area contributed by atoms with E-state index < -0.39 is 0 Å². The molecule has 17 heavy (non-hydrogen) atoms. The molecule has 0 bridgehead atoms. The Bertz CT molecular complexity index is 402. The highest BCUT2D eigenvalue weighted by atomic mass is 16.7. The number of rotatable bonds is 1. The fourth-order valence-corrected chi connectivity index (χ4v) is 2.66. The third-order valence-corrected chi connectivity index (χ3v) is 3.47. The molecule has 92 valence electrons. The maximum Gasteiger partial charge on any atom is 0.186 e. The zero-order chi connectivity index (χ0) is 11.7. The van der Waals surface area contributed by atoms with Crippen LogP contribution in [0.4, 0.5) is 11.4 Å². The van der Waals surface area contributed by atoms with Crippen molar-refractivity contribution in [2.45, 2.75) is 18.6 Å². The summed E-state index contributed by atoms with van der Waals surface area (Å²) in [7, 11) is 0. The van der Waals surface area contributed by atoms with Crippen LogP contribution in [-0.4, -0.2) is 32.1 Å². The second-order valence-corrected chi connectivity index (χ2v) is 4.73. The van der Waals surface area contributed by atoms with Crippen LogP contribution in [0.2, 0.25) is 0 Å². The van der Waals surface area contributed by atoms with Gasteiger partial charge in [-0.2, -0.15) is 0 Å². The molecule has 1 spiro atoms. The van der Waals surface area contributed by atoms with Gasteiger partial charge in [-0.15, -0.1) is 0 Å². The van der Waals surface area contributed by atoms with E-state index in [2.05, 4.69) is 11.0 Å². The van der Waals surface area contributed by atoms with Gasteiger partial charge in [-0.3, -0.25) is 0 Å². The van der Waals surface area contributed by atoms with E-state index in [9.17, 15) is 0 Å². The molecule has 0 aromatic heterocycles. The van der Waals surface area contributed by atoms with E-state index in [0.29, 0.717) is 13.2 Å². The molecule has 2 heterocycles. The van der Waals surface area contributed by atoms with Gasteiger partial charge in [-0.1, -0.05) is 6.07 Å². The summed E-state index contributed by atoms with van der Waals surface area (Å²) in [5, 5.41) is 0. The molecule has 1 aromatic rings. The van der Waals surface area contributed by atoms with Crippen molar-refractivity contribution in [1.82, 2.24) is 0 Å². The zero-order valence-corrected chi connectivity index (χ0v) is 9.89. The predicted molar refractivity (Wildman–Crippen MR) is 66.9 cm³/mol. The Morgan fingerprint density at radius 3 is 2.82 bits per heavy atom. The van der Waals surface area contributed by atoms with Crippen LogP contribution in [0.5, 0.6) is 0 Å². The first-order valence-corrected chi connectivity index (χ1v) is 6.16. The zero-order valence-electron chi connectivity index (χ0n) is 9.89. The highest BCUT2D eigenvalue weighted by molar-refractivity contribution is 5.56. The molecule has 2 aliphatic rings. The number of nitrogens with two attached hydrogens (primary N) is 1. The van der Waals surface area contributed by atoms with Crippen molar-refractivity contribution in [3.63, 3.8) is 0 Å². The summed E-state index contributed by atoms with van der Waals surface area (Å²) in [5.74, 6) is -0.372. The predicted octanol–water partition coefficient (Wildman–Crippen LogP) is 1.61. The lowest BCUT2D eigenvalue weighted by atomic mass is 10.0. The smallest absolute Gasteiger partial charge is 0.186 e. The number of ether oxygens (including phenoxy) is 2. The molecular weight excluding hydrogens is 216 g/mol. The van der Waals surface area contributed by atoms with E-state index in [1.807, 2.05) is 18.2 Å². The number of hydrogen-bond acceptors (Lipinski definition) is 4. The number of hydrogen-bond donors (Lipinski definition) is 1. The van der Waals surface area contributed by atoms with Gasteiger partial charge >= 0.3 is 0 Å². The molecule has 4 nitrogen and oxygen atoms in total. The summed E-state index contributed by atoms with van der Waals surface area (Å²) in [6.07, 6.45) is 2.08. The van der Waals surface area contributed by atoms with Crippen molar-refractivity contribution < 1.29 is 9.47 Å². The second-order valence-electron chi connectivity index (χ2n) is 4.73. The summed E-state index contributed by atoms with van der Waals surface area (Å²) in [6.45, 7) is 3.27. The first kappa shape index (κ1) is 10.9. The van der Waals surface area contributed by atoms with E-state index in [0.717, 1.165) is 37.3 Å². The minimum Gasteiger partial charge on any atom is -0.399 e. The topological polar surface area (TPSA) is 47.7 Å². The van der Waals surface area contributed by atoms with Crippen molar-refractivity contribution in [2.24, 2.45) is 0 Å². The van der Waals surface area contributed by atoms with Crippen LogP contribution in [0, 0.1) is 0 Å². The van der Waals surface area contributed by atoms with Crippen molar-refractivity contribution in [3.8, 4) is 0 Å². The number of nitrogen functional groups attached to an aromatic ring is 1. The second kappa shape index (κ2) is 4.20. The summed E-state index contributed by atoms with van der Waals surface area (Å²) in [6, 6.07) is 7.99. The molecule has 2 saturated heterocycles. The first-order valence-electron chi connectivity index (χ1n) is 6.16. The van der Waals surface area contributed by atoms with Crippen LogP contribution in [0.3, 0.4) is 0 Å². The van der Waals surface area contributed by atoms with Gasteiger partial charge in [0, 0.05) is 24.3 Å². The Balaban J connectivity index is 1.79. The fourth-order valence-electron chi connectivity index (χ4n) is 2.66. The minimum atomic E-state index is -0.372. The van der Waals surface area contributed by atoms with E-state index in [4.69, 9.17) is 15.2 Å². The van der Waals surface area contributed by atoms with E-state index in [-0.39, 0.29) is 5.79 Å². The molecule has 2 aliphatic heterocycles. The minimum absolute atomic E-state index is 0.372. The highest BCUT2D eigenvalue weighted by Gasteiger charge is 2.40. The van der Waals surface area contributed by atoms with E-state index in [1.54, 1.807) is 0 Å². The first-order chi connectivity index (χ1) is 8.27. The highest BCUT2D eigenvalue weighted by Crippen LogP contribution is 2.32. The van der Waals surface area contributed by atoms with Gasteiger partial charge in [-0.05, 0) is 24.6 Å². The van der Waals surface area contributed by atoms with Gasteiger partial charge < -0.3 is 20.1 Å². The van der Waals surface area contributed by atoms with Crippen molar-refractivity contribution >= 4 is 11.4 Å². The van der Waals surface area contributed by atoms with Crippen LogP contribution >= 0.6 is 0 Å². The molecule has 2 fully saturated rings. The van der Waals surface area contributed by atoms with Crippen molar-refractivity contribution in [3.05, 3.63) is 24.3 Å². The molecule has 0 atom stereocenters. The number of piperidine rings is 1. The Hall–Kier alpha value is -1.26. The summed E-state index contributed by atoms with van der Waals surface area (Å²) in [4.78, 5) is 2.30. The molecule has 0 amide bonds. The van der Waals surface area contributed by atoms with Gasteiger partial charge in [0.1, 0.15) is 0 Å². The molecule has 0 saturated carbocycles. The van der Waals surface area contributed by atoms with Crippen molar-refractivity contribution in [1.29, 1.82) is 0 Å². The lowest BCUT2D eigenvalue weighted by Crippen LogP contribution is -2.49. The number of anilines is 2. The third-order valence-electron chi connectivity index (χ3n) is 3.47. The van der Waals surface area contributed by atoms with Crippen molar-refractivity contribution in [2.75, 3.05) is 36.9 Å². The number of benzene rings is 1. The summed E-state index contributed by atoms with van der Waals surface area (Å²) in [5.41, 5.74) is 7.78. The molecular formula is C13H18N2O2. The average Bonchev–Trinajstić information content (AvgIpc) is 2.77. The molecule has 2 N–H and O–H groups in total. The Morgan fingerprint density at radius 1 is 1.24 bits per heavy atom. The maximum absolute atomic E-state index is 5.82. The normalized spacial score (nSPS) is 23.2. The molecule has 3 rings (SSSR count). The third kappa shape index (κ3) is 2.10. The average molecular weight is 234 g/mol. The quantitative estimate of drug-likeness (QED) is 0.750. The lowest BCUT2D eigenvalue weighted by Gasteiger charge is -2.39. The molecule has 0 radical (unpaired) electrons. The largest absolute Gasteiger partial charge is 0.399 e. The Kier molecular flexibility index (Phi) is 2.68. The van der Waals surface area contributed by atoms with Gasteiger partial charge in [0.25, 0.3) is 0 Å². The van der Waals surface area contributed by atoms with Gasteiger partial charge in [0.15, 0.2) is 5.79 Å². The van der Waals surface area contributed by atoms with Crippen LogP contribution in [0.1, 0.15) is 12.8 Å². The van der Waals surface area contributed by atoms with Crippen LogP contribution in [0.15, 0.2) is 24.3 Å². The molecule has 1 aromatic carbocycles. The molecule has 0 unspecified atom stereocenters. The molecule has 4 heteroatoms. The number of nitrogens with zero attached hydrogens (tertiary/aromatic N) is 1. The van der Waals surface area contributed by atoms with Crippen LogP contribution in [0.25, 0.3) is 0 Å². The van der Waals surface area contributed by atoms with Crippen LogP contribution < -0.4 is 10.6 Å². The Labute approximate surface area is 101 Å². The standard InChI is InChI=1S/C13H18N2O2/c14-11-3-1-4-12(9-11)15-6-2-5-13(10-15)16-7-8-17-13/h1,3-4,9H,2,5-8,10,14H2. The van der Waals surface area contributed by atoms with Gasteiger partial charge in [-0.25, -0.2) is 0 Å². The van der Waals surface area contributed by atoms with Gasteiger partial charge in [0.2, 0.25) is 0 Å². The fraction of sp³-hybridized carbons (Fsp3) is 0.538. The summed E-state index contributed by atoms with van der Waals surface area (Å²) >= 11 is 0. The summed E-state index contributed by atoms with van der Waals surface area (Å²) < 4.78 is 11.5. The maximum atomic E-state index is 5.82. The Morgan fingerprint density at radius 2 is 2.06 bits per heavy atom. The SMILES string of the molecule is Nc1cccc(N2CCCC3(C2)OCCO3)c1. The van der Waals surface area contributed by atoms with Gasteiger partial charge in [0.05, 0.1) is 19.8 Å². The monoisotopic (exact) mass is 234 g/mol. The van der Waals surface area contributed by atoms with Crippen LogP contribution in [-0.2, 0) is 9.47 Å². The molecule has 0 aliphatic carbocycles. The van der Waals surface area contributed by atoms with E-state index in [1.165, 1.54) is 0 Å².